The molecule has 0 aliphatic carbocycles. The number of anilines is 1. The zero-order valence-corrected chi connectivity index (χ0v) is 10.6. The molecule has 0 spiro atoms. The van der Waals surface area contributed by atoms with Gasteiger partial charge in [-0.05, 0) is 18.1 Å². The molecular weight excluding hydrogens is 230 g/mol. The van der Waals surface area contributed by atoms with Crippen LogP contribution in [0, 0.1) is 27.4 Å². The molecule has 0 aliphatic heterocycles. The first-order valence-corrected chi connectivity index (χ1v) is 6.05. The third-order valence-electron chi connectivity index (χ3n) is 3.07. The van der Waals surface area contributed by atoms with E-state index in [0.29, 0.717) is 18.2 Å². The standard InChI is InChI=1S/C13H17N3O2/c1-3-10(4-2)9-15-12-7-5-6-11(8-14)13(12)16(17)18/h5-7,10,15H,3-4,9H2,1-2H3. The maximum Gasteiger partial charge on any atom is 0.309 e. The van der Waals surface area contributed by atoms with Crippen LogP contribution < -0.4 is 5.32 Å². The van der Waals surface area contributed by atoms with Crippen molar-refractivity contribution in [2.75, 3.05) is 11.9 Å². The van der Waals surface area contributed by atoms with E-state index in [2.05, 4.69) is 19.2 Å². The Morgan fingerprint density at radius 3 is 2.61 bits per heavy atom. The van der Waals surface area contributed by atoms with Gasteiger partial charge in [0, 0.05) is 6.54 Å². The molecule has 1 rings (SSSR count). The largest absolute Gasteiger partial charge is 0.379 e. The number of benzene rings is 1. The molecule has 0 saturated heterocycles. The summed E-state index contributed by atoms with van der Waals surface area (Å²) < 4.78 is 0. The zero-order chi connectivity index (χ0) is 13.5. The fourth-order valence-corrected chi connectivity index (χ4v) is 1.80. The predicted molar refractivity (Wildman–Crippen MR) is 70.4 cm³/mol. The molecule has 96 valence electrons. The van der Waals surface area contributed by atoms with E-state index < -0.39 is 4.92 Å². The molecule has 0 fully saturated rings. The van der Waals surface area contributed by atoms with E-state index in [-0.39, 0.29) is 11.3 Å². The number of hydrogen-bond donors (Lipinski definition) is 1. The van der Waals surface area contributed by atoms with Crippen molar-refractivity contribution in [2.24, 2.45) is 5.92 Å². The SMILES string of the molecule is CCC(CC)CNc1cccc(C#N)c1[N+](=O)[O-]. The smallest absolute Gasteiger partial charge is 0.309 e. The van der Waals surface area contributed by atoms with Crippen molar-refractivity contribution in [1.82, 2.24) is 0 Å². The lowest BCUT2D eigenvalue weighted by Gasteiger charge is -2.14. The molecule has 0 aromatic heterocycles. The Balaban J connectivity index is 2.95. The van der Waals surface area contributed by atoms with Gasteiger partial charge in [-0.1, -0.05) is 32.8 Å². The number of nitriles is 1. The highest BCUT2D eigenvalue weighted by Gasteiger charge is 2.19. The Kier molecular flexibility index (Phi) is 5.12. The molecule has 1 aromatic rings. The van der Waals surface area contributed by atoms with Crippen LogP contribution in [0.3, 0.4) is 0 Å². The van der Waals surface area contributed by atoms with E-state index in [1.165, 1.54) is 6.07 Å². The van der Waals surface area contributed by atoms with Crippen LogP contribution in [-0.4, -0.2) is 11.5 Å². The lowest BCUT2D eigenvalue weighted by atomic mass is 10.0. The minimum atomic E-state index is -0.506. The van der Waals surface area contributed by atoms with Gasteiger partial charge in [-0.15, -0.1) is 0 Å². The van der Waals surface area contributed by atoms with Crippen LogP contribution in [-0.2, 0) is 0 Å². The monoisotopic (exact) mass is 247 g/mol. The molecule has 5 nitrogen and oxygen atoms in total. The quantitative estimate of drug-likeness (QED) is 0.617. The van der Waals surface area contributed by atoms with Crippen molar-refractivity contribution in [1.29, 1.82) is 5.26 Å². The van der Waals surface area contributed by atoms with Crippen LogP contribution in [0.5, 0.6) is 0 Å². The molecule has 0 radical (unpaired) electrons. The molecule has 0 unspecified atom stereocenters. The number of nitro benzene ring substituents is 1. The summed E-state index contributed by atoms with van der Waals surface area (Å²) in [5.41, 5.74) is 0.381. The highest BCUT2D eigenvalue weighted by atomic mass is 16.6. The van der Waals surface area contributed by atoms with Crippen LogP contribution >= 0.6 is 0 Å². The minimum absolute atomic E-state index is 0.0922. The molecule has 0 atom stereocenters. The summed E-state index contributed by atoms with van der Waals surface area (Å²) >= 11 is 0. The van der Waals surface area contributed by atoms with E-state index in [4.69, 9.17) is 5.26 Å². The van der Waals surface area contributed by atoms with E-state index in [0.717, 1.165) is 12.8 Å². The van der Waals surface area contributed by atoms with Crippen molar-refractivity contribution in [3.8, 4) is 6.07 Å². The molecule has 0 aliphatic rings. The Morgan fingerprint density at radius 2 is 2.11 bits per heavy atom. The Hall–Kier alpha value is -2.09. The summed E-state index contributed by atoms with van der Waals surface area (Å²) in [4.78, 5) is 10.5. The van der Waals surface area contributed by atoms with E-state index in [9.17, 15) is 10.1 Å². The number of rotatable bonds is 6. The van der Waals surface area contributed by atoms with Crippen molar-refractivity contribution < 1.29 is 4.92 Å². The van der Waals surface area contributed by atoms with Gasteiger partial charge in [0.2, 0.25) is 0 Å². The Labute approximate surface area is 107 Å². The summed E-state index contributed by atoms with van der Waals surface area (Å²) in [5.74, 6) is 0.482. The second-order valence-electron chi connectivity index (χ2n) is 4.13. The van der Waals surface area contributed by atoms with Gasteiger partial charge >= 0.3 is 5.69 Å². The fraction of sp³-hybridized carbons (Fsp3) is 0.462. The normalized spacial score (nSPS) is 10.1. The number of nitrogens with zero attached hydrogens (tertiary/aromatic N) is 2. The maximum atomic E-state index is 11.0. The molecule has 0 bridgehead atoms. The van der Waals surface area contributed by atoms with Gasteiger partial charge in [-0.3, -0.25) is 10.1 Å². The van der Waals surface area contributed by atoms with Crippen molar-refractivity contribution in [3.63, 3.8) is 0 Å². The van der Waals surface area contributed by atoms with Gasteiger partial charge in [0.25, 0.3) is 0 Å². The Morgan fingerprint density at radius 1 is 1.44 bits per heavy atom. The van der Waals surface area contributed by atoms with Gasteiger partial charge in [0.05, 0.1) is 4.92 Å². The predicted octanol–water partition coefficient (Wildman–Crippen LogP) is 3.31. The maximum absolute atomic E-state index is 11.0. The van der Waals surface area contributed by atoms with Crippen molar-refractivity contribution >= 4 is 11.4 Å². The summed E-state index contributed by atoms with van der Waals surface area (Å²) in [5, 5.41) is 23.0. The fourth-order valence-electron chi connectivity index (χ4n) is 1.80. The number of nitrogens with one attached hydrogen (secondary N) is 1. The highest BCUT2D eigenvalue weighted by Crippen LogP contribution is 2.28. The molecule has 0 amide bonds. The first-order chi connectivity index (χ1) is 8.63. The third-order valence-corrected chi connectivity index (χ3v) is 3.07. The van der Waals surface area contributed by atoms with E-state index >= 15 is 0 Å². The van der Waals surface area contributed by atoms with E-state index in [1.54, 1.807) is 12.1 Å². The summed E-state index contributed by atoms with van der Waals surface area (Å²) in [7, 11) is 0. The van der Waals surface area contributed by atoms with Crippen LogP contribution in [0.4, 0.5) is 11.4 Å². The van der Waals surface area contributed by atoms with Gasteiger partial charge in [-0.2, -0.15) is 5.26 Å². The molecular formula is C13H17N3O2. The van der Waals surface area contributed by atoms with Gasteiger partial charge in [-0.25, -0.2) is 0 Å². The van der Waals surface area contributed by atoms with E-state index in [1.807, 2.05) is 6.07 Å². The van der Waals surface area contributed by atoms with Crippen molar-refractivity contribution in [3.05, 3.63) is 33.9 Å². The second kappa shape index (κ2) is 6.60. The molecule has 18 heavy (non-hydrogen) atoms. The lowest BCUT2D eigenvalue weighted by molar-refractivity contribution is -0.384. The summed E-state index contributed by atoms with van der Waals surface area (Å²) in [6.07, 6.45) is 2.05. The van der Waals surface area contributed by atoms with Gasteiger partial charge < -0.3 is 5.32 Å². The van der Waals surface area contributed by atoms with Crippen LogP contribution in [0.2, 0.25) is 0 Å². The van der Waals surface area contributed by atoms with Crippen molar-refractivity contribution in [2.45, 2.75) is 26.7 Å². The van der Waals surface area contributed by atoms with Crippen LogP contribution in [0.1, 0.15) is 32.3 Å². The average Bonchev–Trinajstić information content (AvgIpc) is 2.39. The summed E-state index contributed by atoms with van der Waals surface area (Å²) in [6.45, 7) is 4.87. The molecule has 0 heterocycles. The highest BCUT2D eigenvalue weighted by molar-refractivity contribution is 5.68. The molecule has 1 aromatic carbocycles. The number of para-hydroxylation sites is 1. The number of hydrogen-bond acceptors (Lipinski definition) is 4. The second-order valence-corrected chi connectivity index (χ2v) is 4.13. The Bertz CT molecular complexity index is 462. The lowest BCUT2D eigenvalue weighted by Crippen LogP contribution is -2.13. The van der Waals surface area contributed by atoms with Gasteiger partial charge in [0.15, 0.2) is 0 Å². The summed E-state index contributed by atoms with van der Waals surface area (Å²) in [6, 6.07) is 6.60. The molecule has 0 saturated carbocycles. The molecule has 5 heteroatoms. The number of nitro groups is 1. The average molecular weight is 247 g/mol. The van der Waals surface area contributed by atoms with Gasteiger partial charge in [0.1, 0.15) is 17.3 Å². The van der Waals surface area contributed by atoms with Crippen LogP contribution in [0.15, 0.2) is 18.2 Å². The third kappa shape index (κ3) is 3.20. The molecule has 1 N–H and O–H groups in total. The van der Waals surface area contributed by atoms with Crippen LogP contribution in [0.25, 0.3) is 0 Å². The zero-order valence-electron chi connectivity index (χ0n) is 10.6. The first kappa shape index (κ1) is 14.0. The minimum Gasteiger partial charge on any atom is -0.379 e. The topological polar surface area (TPSA) is 79.0 Å². The first-order valence-electron chi connectivity index (χ1n) is 6.05.